The number of carboxylic acids is 1. The van der Waals surface area contributed by atoms with Crippen molar-refractivity contribution >= 4 is 28.3 Å². The molecule has 0 aliphatic heterocycles. The summed E-state index contributed by atoms with van der Waals surface area (Å²) in [6.45, 7) is 2.47. The first-order chi connectivity index (χ1) is 8.82. The minimum atomic E-state index is -1.63. The fourth-order valence-corrected chi connectivity index (χ4v) is 3.08. The van der Waals surface area contributed by atoms with E-state index in [1.165, 1.54) is 38.1 Å². The number of ketones is 2. The summed E-state index contributed by atoms with van der Waals surface area (Å²) in [5, 5.41) is 7.63. The summed E-state index contributed by atoms with van der Waals surface area (Å²) in [6, 6.07) is 5.84. The Bertz CT molecular complexity index is 518. The summed E-state index contributed by atoms with van der Waals surface area (Å²) in [4.78, 5) is 33.2. The van der Waals surface area contributed by atoms with E-state index in [1.807, 2.05) is 0 Å². The van der Waals surface area contributed by atoms with E-state index in [0.29, 0.717) is 5.56 Å². The van der Waals surface area contributed by atoms with Gasteiger partial charge in [0.2, 0.25) is 0 Å². The van der Waals surface area contributed by atoms with Gasteiger partial charge < -0.3 is 5.11 Å². The van der Waals surface area contributed by atoms with Crippen molar-refractivity contribution in [2.24, 2.45) is 0 Å². The highest BCUT2D eigenvalue weighted by atomic mass is 32.2. The molecule has 1 unspecified atom stereocenters. The molecule has 6 heteroatoms. The van der Waals surface area contributed by atoms with Gasteiger partial charge in [-0.3, -0.25) is 13.8 Å². The number of hydrogen-bond acceptors (Lipinski definition) is 4. The summed E-state index contributed by atoms with van der Waals surface area (Å²) >= 11 is 0. The lowest BCUT2D eigenvalue weighted by Crippen LogP contribution is -2.31. The lowest BCUT2D eigenvalue weighted by atomic mass is 10.1. The van der Waals surface area contributed by atoms with Crippen LogP contribution in [0.2, 0.25) is 0 Å². The van der Waals surface area contributed by atoms with Gasteiger partial charge in [-0.2, -0.15) is 0 Å². The van der Waals surface area contributed by atoms with Crippen LogP contribution in [0.4, 0.5) is 0 Å². The van der Waals surface area contributed by atoms with Crippen molar-refractivity contribution in [3.05, 3.63) is 35.4 Å². The van der Waals surface area contributed by atoms with Gasteiger partial charge in [0.25, 0.3) is 0 Å². The van der Waals surface area contributed by atoms with Crippen LogP contribution in [0.15, 0.2) is 24.3 Å². The molecule has 1 atom stereocenters. The molecule has 5 nitrogen and oxygen atoms in total. The normalized spacial score (nSPS) is 12.2. The highest BCUT2D eigenvalue weighted by molar-refractivity contribution is 7.86. The quantitative estimate of drug-likeness (QED) is 0.791. The Labute approximate surface area is 113 Å². The molecule has 0 saturated carbocycles. The number of benzene rings is 1. The molecular weight excluding hydrogens is 268 g/mol. The van der Waals surface area contributed by atoms with Crippen LogP contribution >= 0.6 is 0 Å². The van der Waals surface area contributed by atoms with Crippen LogP contribution in [-0.4, -0.2) is 32.1 Å². The van der Waals surface area contributed by atoms with Crippen LogP contribution in [0.3, 0.4) is 0 Å². The topological polar surface area (TPSA) is 88.5 Å². The molecule has 0 saturated heterocycles. The molecule has 0 aliphatic rings. The Morgan fingerprint density at radius 1 is 1.11 bits per heavy atom. The van der Waals surface area contributed by atoms with E-state index in [9.17, 15) is 18.6 Å². The van der Waals surface area contributed by atoms with Crippen molar-refractivity contribution in [1.82, 2.24) is 0 Å². The van der Waals surface area contributed by atoms with Crippen LogP contribution in [0, 0.1) is 0 Å². The number of carbonyl (C=O) groups is 3. The van der Waals surface area contributed by atoms with E-state index in [-0.39, 0.29) is 11.3 Å². The molecule has 19 heavy (non-hydrogen) atoms. The van der Waals surface area contributed by atoms with E-state index < -0.39 is 33.6 Å². The SMILES string of the molecule is CC(=O)C(C(C)=O)S(=O)Cc1ccc(C(=O)O)cc1. The molecule has 102 valence electrons. The monoisotopic (exact) mass is 282 g/mol. The maximum atomic E-state index is 12.0. The smallest absolute Gasteiger partial charge is 0.335 e. The van der Waals surface area contributed by atoms with E-state index in [2.05, 4.69) is 0 Å². The molecule has 0 spiro atoms. The molecular formula is C13H14O5S. The average Bonchev–Trinajstić information content (AvgIpc) is 2.28. The second-order valence-corrected chi connectivity index (χ2v) is 5.65. The van der Waals surface area contributed by atoms with Gasteiger partial charge in [0.1, 0.15) is 0 Å². The van der Waals surface area contributed by atoms with Crippen LogP contribution < -0.4 is 0 Å². The summed E-state index contributed by atoms with van der Waals surface area (Å²) in [5.74, 6) is -1.84. The van der Waals surface area contributed by atoms with Crippen LogP contribution in [-0.2, 0) is 26.1 Å². The first kappa shape index (κ1) is 15.2. The minimum absolute atomic E-state index is 0.0454. The van der Waals surface area contributed by atoms with Gasteiger partial charge in [0.05, 0.1) is 5.56 Å². The lowest BCUT2D eigenvalue weighted by molar-refractivity contribution is -0.124. The third kappa shape index (κ3) is 4.10. The zero-order valence-corrected chi connectivity index (χ0v) is 11.4. The standard InChI is InChI=1S/C13H14O5S/c1-8(14)12(9(2)15)19(18)7-10-3-5-11(6-4-10)13(16)17/h3-6,12H,7H2,1-2H3,(H,16,17). The van der Waals surface area contributed by atoms with Crippen LogP contribution in [0.5, 0.6) is 0 Å². The van der Waals surface area contributed by atoms with Crippen molar-refractivity contribution < 1.29 is 23.7 Å². The zero-order chi connectivity index (χ0) is 14.6. The number of carboxylic acid groups (broad SMARTS) is 1. The number of aromatic carboxylic acids is 1. The number of rotatable bonds is 6. The first-order valence-electron chi connectivity index (χ1n) is 5.53. The molecule has 0 amide bonds. The largest absolute Gasteiger partial charge is 0.478 e. The van der Waals surface area contributed by atoms with E-state index in [1.54, 1.807) is 0 Å². The summed E-state index contributed by atoms with van der Waals surface area (Å²) in [7, 11) is -1.63. The van der Waals surface area contributed by atoms with Gasteiger partial charge in [-0.25, -0.2) is 4.79 Å². The van der Waals surface area contributed by atoms with Crippen molar-refractivity contribution in [3.8, 4) is 0 Å². The highest BCUT2D eigenvalue weighted by Gasteiger charge is 2.26. The molecule has 0 fully saturated rings. The molecule has 0 aromatic heterocycles. The molecule has 1 rings (SSSR count). The molecule has 0 bridgehead atoms. The van der Waals surface area contributed by atoms with Crippen LogP contribution in [0.1, 0.15) is 29.8 Å². The number of carbonyl (C=O) groups excluding carboxylic acids is 2. The Kier molecular flexibility index (Phi) is 5.11. The number of hydrogen-bond donors (Lipinski definition) is 1. The van der Waals surface area contributed by atoms with Gasteiger partial charge >= 0.3 is 5.97 Å². The Morgan fingerprint density at radius 2 is 1.58 bits per heavy atom. The molecule has 0 radical (unpaired) electrons. The van der Waals surface area contributed by atoms with Gasteiger partial charge in [-0.15, -0.1) is 0 Å². The third-order valence-corrected chi connectivity index (χ3v) is 4.32. The number of Topliss-reactive ketones (excluding diaryl/α,β-unsaturated/α-hetero) is 2. The minimum Gasteiger partial charge on any atom is -0.478 e. The van der Waals surface area contributed by atoms with Gasteiger partial charge in [-0.05, 0) is 31.5 Å². The highest BCUT2D eigenvalue weighted by Crippen LogP contribution is 2.11. The second-order valence-electron chi connectivity index (χ2n) is 4.13. The summed E-state index contributed by atoms with van der Waals surface area (Å²) in [6.07, 6.45) is 0. The third-order valence-electron chi connectivity index (χ3n) is 2.51. The van der Waals surface area contributed by atoms with E-state index in [0.717, 1.165) is 0 Å². The van der Waals surface area contributed by atoms with Crippen molar-refractivity contribution in [3.63, 3.8) is 0 Å². The lowest BCUT2D eigenvalue weighted by Gasteiger charge is -2.10. The predicted octanol–water partition coefficient (Wildman–Crippen LogP) is 1.18. The van der Waals surface area contributed by atoms with Gasteiger partial charge in [0, 0.05) is 16.6 Å². The molecule has 1 N–H and O–H groups in total. The maximum Gasteiger partial charge on any atom is 0.335 e. The zero-order valence-electron chi connectivity index (χ0n) is 10.6. The fourth-order valence-electron chi connectivity index (χ4n) is 1.65. The van der Waals surface area contributed by atoms with Crippen molar-refractivity contribution in [1.29, 1.82) is 0 Å². The maximum absolute atomic E-state index is 12.0. The Morgan fingerprint density at radius 3 is 1.95 bits per heavy atom. The second kappa shape index (κ2) is 6.38. The predicted molar refractivity (Wildman–Crippen MR) is 70.4 cm³/mol. The van der Waals surface area contributed by atoms with Crippen molar-refractivity contribution in [2.45, 2.75) is 24.9 Å². The Balaban J connectivity index is 2.84. The molecule has 1 aromatic carbocycles. The molecule has 0 heterocycles. The van der Waals surface area contributed by atoms with Crippen LogP contribution in [0.25, 0.3) is 0 Å². The van der Waals surface area contributed by atoms with Crippen molar-refractivity contribution in [2.75, 3.05) is 0 Å². The van der Waals surface area contributed by atoms with E-state index in [4.69, 9.17) is 5.11 Å². The Hall–Kier alpha value is -1.82. The fraction of sp³-hybridized carbons (Fsp3) is 0.308. The summed E-state index contributed by atoms with van der Waals surface area (Å²) in [5.41, 5.74) is 0.750. The molecule has 1 aromatic rings. The van der Waals surface area contributed by atoms with Gasteiger partial charge in [0.15, 0.2) is 16.8 Å². The summed E-state index contributed by atoms with van der Waals surface area (Å²) < 4.78 is 12.0. The van der Waals surface area contributed by atoms with Gasteiger partial charge in [-0.1, -0.05) is 12.1 Å². The first-order valence-corrected chi connectivity index (χ1v) is 6.91. The molecule has 0 aliphatic carbocycles. The average molecular weight is 282 g/mol. The van der Waals surface area contributed by atoms with E-state index >= 15 is 0 Å².